The van der Waals surface area contributed by atoms with Crippen molar-refractivity contribution >= 4 is 39.8 Å². The number of aromatic nitrogens is 1. The van der Waals surface area contributed by atoms with Crippen LogP contribution in [0.1, 0.15) is 21.1 Å². The summed E-state index contributed by atoms with van der Waals surface area (Å²) in [5, 5.41) is 6.00. The molecule has 1 aromatic carbocycles. The largest absolute Gasteiger partial charge is 0.352 e. The van der Waals surface area contributed by atoms with Crippen LogP contribution in [0.5, 0.6) is 0 Å². The number of carbonyl (C=O) groups is 1. The molecule has 0 radical (unpaired) electrons. The molecule has 0 saturated heterocycles. The van der Waals surface area contributed by atoms with E-state index in [0.717, 1.165) is 20.7 Å². The molecule has 0 atom stereocenters. The molecule has 0 bridgehead atoms. The van der Waals surface area contributed by atoms with Crippen LogP contribution in [0.15, 0.2) is 29.6 Å². The summed E-state index contributed by atoms with van der Waals surface area (Å²) in [6, 6.07) is 7.56. The van der Waals surface area contributed by atoms with E-state index in [1.165, 1.54) is 0 Å². The minimum absolute atomic E-state index is 0.0273. The van der Waals surface area contributed by atoms with Gasteiger partial charge in [-0.05, 0) is 47.7 Å². The Morgan fingerprint density at radius 3 is 3.00 bits per heavy atom. The van der Waals surface area contributed by atoms with Crippen molar-refractivity contribution in [3.63, 3.8) is 0 Å². The number of benzene rings is 1. The second-order valence-electron chi connectivity index (χ2n) is 3.87. The van der Waals surface area contributed by atoms with Gasteiger partial charge in [-0.25, -0.2) is 4.98 Å². The van der Waals surface area contributed by atoms with Gasteiger partial charge in [0.15, 0.2) is 0 Å². The second-order valence-corrected chi connectivity index (χ2v) is 6.18. The van der Waals surface area contributed by atoms with Crippen LogP contribution in [0, 0.1) is 10.5 Å². The Hall–Kier alpha value is -0.950. The molecule has 0 aliphatic heterocycles. The molecule has 1 aromatic heterocycles. The number of amides is 1. The summed E-state index contributed by atoms with van der Waals surface area (Å²) in [6.07, 6.45) is 0.778. The number of nitrogens with one attached hydrogen (secondary N) is 1. The molecular formula is C13H13IN2OS. The summed E-state index contributed by atoms with van der Waals surface area (Å²) in [4.78, 5) is 16.2. The fraction of sp³-hybridized carbons (Fsp3) is 0.231. The lowest BCUT2D eigenvalue weighted by Gasteiger charge is -2.04. The van der Waals surface area contributed by atoms with Gasteiger partial charge >= 0.3 is 0 Å². The fourth-order valence-corrected chi connectivity index (χ4v) is 2.75. The minimum Gasteiger partial charge on any atom is -0.352 e. The normalized spacial score (nSPS) is 10.3. The molecule has 1 amide bonds. The topological polar surface area (TPSA) is 42.0 Å². The molecule has 18 heavy (non-hydrogen) atoms. The van der Waals surface area contributed by atoms with Gasteiger partial charge in [0.2, 0.25) is 0 Å². The molecule has 0 saturated carbocycles. The van der Waals surface area contributed by atoms with E-state index in [1.54, 1.807) is 11.3 Å². The van der Waals surface area contributed by atoms with Crippen molar-refractivity contribution in [1.29, 1.82) is 0 Å². The predicted molar refractivity (Wildman–Crippen MR) is 82.0 cm³/mol. The maximum Gasteiger partial charge on any atom is 0.251 e. The van der Waals surface area contributed by atoms with Gasteiger partial charge in [0.05, 0.1) is 10.7 Å². The van der Waals surface area contributed by atoms with Crippen molar-refractivity contribution in [1.82, 2.24) is 10.3 Å². The highest BCUT2D eigenvalue weighted by molar-refractivity contribution is 14.1. The van der Waals surface area contributed by atoms with Crippen molar-refractivity contribution in [2.45, 2.75) is 13.3 Å². The third kappa shape index (κ3) is 3.78. The van der Waals surface area contributed by atoms with Crippen molar-refractivity contribution < 1.29 is 4.79 Å². The highest BCUT2D eigenvalue weighted by Crippen LogP contribution is 2.09. The van der Waals surface area contributed by atoms with Crippen LogP contribution < -0.4 is 5.32 Å². The van der Waals surface area contributed by atoms with Gasteiger partial charge < -0.3 is 5.32 Å². The summed E-state index contributed by atoms with van der Waals surface area (Å²) in [7, 11) is 0. The molecule has 1 N–H and O–H groups in total. The van der Waals surface area contributed by atoms with Gasteiger partial charge in [-0.3, -0.25) is 4.79 Å². The maximum absolute atomic E-state index is 11.9. The van der Waals surface area contributed by atoms with Crippen LogP contribution in [-0.2, 0) is 6.42 Å². The number of hydrogen-bond acceptors (Lipinski definition) is 3. The van der Waals surface area contributed by atoms with E-state index >= 15 is 0 Å². The molecular weight excluding hydrogens is 359 g/mol. The molecule has 94 valence electrons. The van der Waals surface area contributed by atoms with Crippen LogP contribution in [0.4, 0.5) is 0 Å². The summed E-state index contributed by atoms with van der Waals surface area (Å²) in [5.74, 6) is -0.0273. The van der Waals surface area contributed by atoms with E-state index in [9.17, 15) is 4.79 Å². The van der Waals surface area contributed by atoms with Gasteiger partial charge in [-0.15, -0.1) is 11.3 Å². The summed E-state index contributed by atoms with van der Waals surface area (Å²) >= 11 is 3.84. The van der Waals surface area contributed by atoms with Gasteiger partial charge in [-0.1, -0.05) is 6.07 Å². The Kier molecular flexibility index (Phi) is 4.71. The molecule has 0 fully saturated rings. The number of aryl methyl sites for hydroxylation is 1. The van der Waals surface area contributed by atoms with E-state index in [0.29, 0.717) is 12.1 Å². The molecule has 2 rings (SSSR count). The first-order valence-electron chi connectivity index (χ1n) is 5.60. The number of halogens is 1. The van der Waals surface area contributed by atoms with Crippen LogP contribution in [0.25, 0.3) is 0 Å². The molecule has 0 spiro atoms. The van der Waals surface area contributed by atoms with Crippen molar-refractivity contribution in [3.8, 4) is 0 Å². The Balaban J connectivity index is 1.85. The molecule has 0 aliphatic carbocycles. The van der Waals surface area contributed by atoms with E-state index in [-0.39, 0.29) is 5.91 Å². The third-order valence-corrected chi connectivity index (χ3v) is 3.91. The van der Waals surface area contributed by atoms with Crippen LogP contribution in [0.2, 0.25) is 0 Å². The lowest BCUT2D eigenvalue weighted by Crippen LogP contribution is -2.25. The highest BCUT2D eigenvalue weighted by atomic mass is 127. The van der Waals surface area contributed by atoms with Crippen molar-refractivity contribution in [3.05, 3.63) is 49.5 Å². The highest BCUT2D eigenvalue weighted by Gasteiger charge is 2.05. The lowest BCUT2D eigenvalue weighted by molar-refractivity contribution is 0.0954. The minimum atomic E-state index is -0.0273. The number of thiazole rings is 1. The molecule has 5 heteroatoms. The number of hydrogen-bond donors (Lipinski definition) is 1. The molecule has 3 nitrogen and oxygen atoms in total. The Labute approximate surface area is 124 Å². The van der Waals surface area contributed by atoms with Crippen LogP contribution in [0.3, 0.4) is 0 Å². The van der Waals surface area contributed by atoms with E-state index in [1.807, 2.05) is 36.6 Å². The van der Waals surface area contributed by atoms with E-state index in [2.05, 4.69) is 32.9 Å². The first kappa shape index (κ1) is 13.5. The zero-order chi connectivity index (χ0) is 13.0. The summed E-state index contributed by atoms with van der Waals surface area (Å²) in [6.45, 7) is 2.60. The quantitative estimate of drug-likeness (QED) is 0.839. The Bertz CT molecular complexity index is 553. The first-order valence-corrected chi connectivity index (χ1v) is 7.56. The molecule has 2 aromatic rings. The summed E-state index contributed by atoms with van der Waals surface area (Å²) in [5.41, 5.74) is 1.75. The van der Waals surface area contributed by atoms with Gasteiger partial charge in [0.1, 0.15) is 0 Å². The zero-order valence-electron chi connectivity index (χ0n) is 9.94. The van der Waals surface area contributed by atoms with Crippen LogP contribution in [-0.4, -0.2) is 17.4 Å². The standard InChI is InChI=1S/C13H13IN2OS/c1-9-16-12(8-18-9)5-6-15-13(17)10-3-2-4-11(14)7-10/h2-4,7-8H,5-6H2,1H3,(H,15,17). The Morgan fingerprint density at radius 2 is 2.33 bits per heavy atom. The lowest BCUT2D eigenvalue weighted by atomic mass is 10.2. The van der Waals surface area contributed by atoms with Crippen molar-refractivity contribution in [2.24, 2.45) is 0 Å². The van der Waals surface area contributed by atoms with Gasteiger partial charge in [0.25, 0.3) is 5.91 Å². The SMILES string of the molecule is Cc1nc(CCNC(=O)c2cccc(I)c2)cs1. The van der Waals surface area contributed by atoms with E-state index < -0.39 is 0 Å². The average Bonchev–Trinajstić information content (AvgIpc) is 2.75. The van der Waals surface area contributed by atoms with Gasteiger partial charge in [0, 0.05) is 27.5 Å². The van der Waals surface area contributed by atoms with Crippen LogP contribution >= 0.6 is 33.9 Å². The predicted octanol–water partition coefficient (Wildman–Crippen LogP) is 3.03. The zero-order valence-corrected chi connectivity index (χ0v) is 12.9. The molecule has 0 unspecified atom stereocenters. The fourth-order valence-electron chi connectivity index (χ4n) is 1.56. The average molecular weight is 372 g/mol. The molecule has 0 aliphatic rings. The maximum atomic E-state index is 11.9. The number of rotatable bonds is 4. The third-order valence-electron chi connectivity index (χ3n) is 2.42. The smallest absolute Gasteiger partial charge is 0.251 e. The summed E-state index contributed by atoms with van der Waals surface area (Å²) < 4.78 is 1.07. The second kappa shape index (κ2) is 6.29. The Morgan fingerprint density at radius 1 is 1.50 bits per heavy atom. The number of carbonyl (C=O) groups excluding carboxylic acids is 1. The van der Waals surface area contributed by atoms with E-state index in [4.69, 9.17) is 0 Å². The molecule has 1 heterocycles. The van der Waals surface area contributed by atoms with Gasteiger partial charge in [-0.2, -0.15) is 0 Å². The monoisotopic (exact) mass is 372 g/mol. The number of nitrogens with zero attached hydrogens (tertiary/aromatic N) is 1. The van der Waals surface area contributed by atoms with Crippen molar-refractivity contribution in [2.75, 3.05) is 6.54 Å². The first-order chi connectivity index (χ1) is 8.65.